The van der Waals surface area contributed by atoms with Crippen LogP contribution in [0.3, 0.4) is 0 Å². The number of rotatable bonds is 4. The Kier molecular flexibility index (Phi) is 4.53. The molecule has 2 heterocycles. The zero-order valence-electron chi connectivity index (χ0n) is 13.8. The van der Waals surface area contributed by atoms with Crippen molar-refractivity contribution in [3.05, 3.63) is 64.1 Å². The van der Waals surface area contributed by atoms with E-state index >= 15 is 0 Å². The van der Waals surface area contributed by atoms with Crippen LogP contribution in [0.1, 0.15) is 21.7 Å². The van der Waals surface area contributed by atoms with E-state index in [1.165, 1.54) is 0 Å². The first kappa shape index (κ1) is 16.4. The second kappa shape index (κ2) is 6.60. The summed E-state index contributed by atoms with van der Waals surface area (Å²) in [4.78, 5) is 14.3. The smallest absolute Gasteiger partial charge is 0.275 e. The highest BCUT2D eigenvalue weighted by Gasteiger charge is 2.21. The minimum absolute atomic E-state index is 0.110. The second-order valence-corrected chi connectivity index (χ2v) is 6.44. The van der Waals surface area contributed by atoms with Gasteiger partial charge in [-0.25, -0.2) is 4.68 Å². The molecular weight excluding hydrogens is 370 g/mol. The summed E-state index contributed by atoms with van der Waals surface area (Å²) in [7, 11) is 3.60. The molecule has 0 atom stereocenters. The summed E-state index contributed by atoms with van der Waals surface area (Å²) in [6.45, 7) is 2.43. The second-order valence-electron chi connectivity index (χ2n) is 5.65. The molecule has 0 saturated carbocycles. The Morgan fingerprint density at radius 1 is 1.29 bits per heavy atom. The Bertz CT molecular complexity index is 852. The molecule has 0 aliphatic rings. The highest BCUT2D eigenvalue weighted by atomic mass is 79.9. The lowest BCUT2D eigenvalue weighted by atomic mass is 10.2. The van der Waals surface area contributed by atoms with E-state index in [4.69, 9.17) is 0 Å². The molecule has 0 unspecified atom stereocenters. The summed E-state index contributed by atoms with van der Waals surface area (Å²) in [5.41, 5.74) is 3.40. The molecule has 0 radical (unpaired) electrons. The molecule has 1 amide bonds. The van der Waals surface area contributed by atoms with Crippen LogP contribution in [0.25, 0.3) is 5.69 Å². The van der Waals surface area contributed by atoms with E-state index in [1.54, 1.807) is 27.5 Å². The van der Waals surface area contributed by atoms with Gasteiger partial charge in [0.2, 0.25) is 0 Å². The number of benzene rings is 1. The number of nitrogens with zero attached hydrogens (tertiary/aromatic N) is 5. The largest absolute Gasteiger partial charge is 0.336 e. The van der Waals surface area contributed by atoms with Gasteiger partial charge in [-0.2, -0.15) is 10.2 Å². The molecule has 0 fully saturated rings. The fourth-order valence-electron chi connectivity index (χ4n) is 2.42. The lowest BCUT2D eigenvalue weighted by Crippen LogP contribution is -2.27. The number of hydrogen-bond donors (Lipinski definition) is 0. The standard InChI is InChI=1S/C17H18BrN5O/c1-12-15(18)16(20-22(12)3)17(24)21(2)11-13-5-7-14(8-6-13)23-10-4-9-19-23/h4-10H,11H2,1-3H3. The van der Waals surface area contributed by atoms with Crippen LogP contribution in [0, 0.1) is 6.92 Å². The SMILES string of the molecule is Cc1c(Br)c(C(=O)N(C)Cc2ccc(-n3cccn3)cc2)nn1C. The van der Waals surface area contributed by atoms with Gasteiger partial charge in [0.25, 0.3) is 5.91 Å². The quantitative estimate of drug-likeness (QED) is 0.691. The molecule has 7 heteroatoms. The number of aromatic nitrogens is 4. The van der Waals surface area contributed by atoms with Crippen molar-refractivity contribution in [2.45, 2.75) is 13.5 Å². The van der Waals surface area contributed by atoms with Crippen LogP contribution in [0.2, 0.25) is 0 Å². The van der Waals surface area contributed by atoms with Gasteiger partial charge in [-0.3, -0.25) is 9.48 Å². The van der Waals surface area contributed by atoms with Crippen molar-refractivity contribution in [3.63, 3.8) is 0 Å². The normalized spacial score (nSPS) is 10.8. The van der Waals surface area contributed by atoms with Crippen LogP contribution in [-0.4, -0.2) is 37.4 Å². The van der Waals surface area contributed by atoms with E-state index in [0.29, 0.717) is 12.2 Å². The van der Waals surface area contributed by atoms with Crippen molar-refractivity contribution in [2.24, 2.45) is 7.05 Å². The van der Waals surface area contributed by atoms with Gasteiger partial charge in [0, 0.05) is 33.0 Å². The first-order valence-corrected chi connectivity index (χ1v) is 8.30. The van der Waals surface area contributed by atoms with Crippen LogP contribution in [0.15, 0.2) is 47.2 Å². The monoisotopic (exact) mass is 387 g/mol. The van der Waals surface area contributed by atoms with Gasteiger partial charge in [0.15, 0.2) is 5.69 Å². The lowest BCUT2D eigenvalue weighted by Gasteiger charge is -2.16. The Labute approximate surface area is 148 Å². The molecule has 0 spiro atoms. The third-order valence-electron chi connectivity index (χ3n) is 3.94. The molecular formula is C17H18BrN5O. The number of carbonyl (C=O) groups is 1. The molecule has 0 aliphatic heterocycles. The van der Waals surface area contributed by atoms with E-state index in [-0.39, 0.29) is 5.91 Å². The van der Waals surface area contributed by atoms with E-state index in [0.717, 1.165) is 21.4 Å². The zero-order chi connectivity index (χ0) is 17.3. The Morgan fingerprint density at radius 3 is 2.54 bits per heavy atom. The Balaban J connectivity index is 1.73. The van der Waals surface area contributed by atoms with Crippen LogP contribution in [-0.2, 0) is 13.6 Å². The van der Waals surface area contributed by atoms with E-state index < -0.39 is 0 Å². The maximum atomic E-state index is 12.6. The zero-order valence-corrected chi connectivity index (χ0v) is 15.4. The van der Waals surface area contributed by atoms with Gasteiger partial charge in [0.1, 0.15) is 0 Å². The Morgan fingerprint density at radius 2 is 2.00 bits per heavy atom. The number of aryl methyl sites for hydroxylation is 1. The molecule has 1 aromatic carbocycles. The van der Waals surface area contributed by atoms with E-state index in [2.05, 4.69) is 26.1 Å². The minimum Gasteiger partial charge on any atom is -0.336 e. The highest BCUT2D eigenvalue weighted by molar-refractivity contribution is 9.10. The molecule has 2 aromatic heterocycles. The molecule has 3 rings (SSSR count). The summed E-state index contributed by atoms with van der Waals surface area (Å²) in [5, 5.41) is 8.49. The lowest BCUT2D eigenvalue weighted by molar-refractivity contribution is 0.0777. The fraction of sp³-hybridized carbons (Fsp3) is 0.235. The van der Waals surface area contributed by atoms with Crippen molar-refractivity contribution in [2.75, 3.05) is 7.05 Å². The minimum atomic E-state index is -0.110. The van der Waals surface area contributed by atoms with Crippen molar-refractivity contribution in [1.29, 1.82) is 0 Å². The van der Waals surface area contributed by atoms with Crippen LogP contribution in [0.5, 0.6) is 0 Å². The predicted octanol–water partition coefficient (Wildman–Crippen LogP) is 2.95. The number of halogens is 1. The van der Waals surface area contributed by atoms with Gasteiger partial charge in [-0.05, 0) is 46.6 Å². The first-order chi connectivity index (χ1) is 11.5. The highest BCUT2D eigenvalue weighted by Crippen LogP contribution is 2.21. The average Bonchev–Trinajstić information content (AvgIpc) is 3.20. The molecule has 0 saturated heterocycles. The maximum Gasteiger partial charge on any atom is 0.275 e. The molecule has 24 heavy (non-hydrogen) atoms. The number of hydrogen-bond acceptors (Lipinski definition) is 3. The summed E-state index contributed by atoms with van der Waals surface area (Å²) >= 11 is 3.45. The third-order valence-corrected chi connectivity index (χ3v) is 4.88. The van der Waals surface area contributed by atoms with Crippen LogP contribution >= 0.6 is 15.9 Å². The maximum absolute atomic E-state index is 12.6. The van der Waals surface area contributed by atoms with Gasteiger partial charge < -0.3 is 4.90 Å². The van der Waals surface area contributed by atoms with Gasteiger partial charge in [-0.15, -0.1) is 0 Å². The van der Waals surface area contributed by atoms with Crippen LogP contribution < -0.4 is 0 Å². The number of carbonyl (C=O) groups excluding carboxylic acids is 1. The fourth-order valence-corrected chi connectivity index (χ4v) is 2.93. The molecule has 124 valence electrons. The van der Waals surface area contributed by atoms with Gasteiger partial charge >= 0.3 is 0 Å². The summed E-state index contributed by atoms with van der Waals surface area (Å²) < 4.78 is 4.24. The molecule has 3 aromatic rings. The number of amides is 1. The van der Waals surface area contributed by atoms with E-state index in [1.807, 2.05) is 50.5 Å². The van der Waals surface area contributed by atoms with Crippen molar-refractivity contribution < 1.29 is 4.79 Å². The summed E-state index contributed by atoms with van der Waals surface area (Å²) in [6.07, 6.45) is 3.64. The van der Waals surface area contributed by atoms with Crippen molar-refractivity contribution >= 4 is 21.8 Å². The predicted molar refractivity (Wildman–Crippen MR) is 95.0 cm³/mol. The van der Waals surface area contributed by atoms with Crippen molar-refractivity contribution in [1.82, 2.24) is 24.5 Å². The Hall–Kier alpha value is -2.41. The van der Waals surface area contributed by atoms with Crippen molar-refractivity contribution in [3.8, 4) is 5.69 Å². The molecule has 0 aliphatic carbocycles. The molecule has 6 nitrogen and oxygen atoms in total. The van der Waals surface area contributed by atoms with Gasteiger partial charge in [0.05, 0.1) is 15.9 Å². The van der Waals surface area contributed by atoms with E-state index in [9.17, 15) is 4.79 Å². The first-order valence-electron chi connectivity index (χ1n) is 7.51. The van der Waals surface area contributed by atoms with Crippen LogP contribution in [0.4, 0.5) is 0 Å². The molecule has 0 bridgehead atoms. The summed E-state index contributed by atoms with van der Waals surface area (Å²) in [6, 6.07) is 9.86. The molecule has 0 N–H and O–H groups in total. The average molecular weight is 388 g/mol. The topological polar surface area (TPSA) is 56.0 Å². The van der Waals surface area contributed by atoms with Gasteiger partial charge in [-0.1, -0.05) is 12.1 Å². The summed E-state index contributed by atoms with van der Waals surface area (Å²) in [5.74, 6) is -0.110. The third kappa shape index (κ3) is 3.12.